The molecule has 3 rings (SSSR count). The second kappa shape index (κ2) is 4.20. The van der Waals surface area contributed by atoms with Gasteiger partial charge >= 0.3 is 0 Å². The summed E-state index contributed by atoms with van der Waals surface area (Å²) < 4.78 is 5.48. The summed E-state index contributed by atoms with van der Waals surface area (Å²) in [4.78, 5) is 16.0. The van der Waals surface area contributed by atoms with Gasteiger partial charge in [-0.2, -0.15) is 0 Å². The van der Waals surface area contributed by atoms with Crippen molar-refractivity contribution in [1.29, 1.82) is 0 Å². The molecule has 2 atom stereocenters. The highest BCUT2D eigenvalue weighted by atomic mass is 16.5. The molecular formula is C12H16N4O2. The molecule has 6 heteroatoms. The van der Waals surface area contributed by atoms with E-state index in [4.69, 9.17) is 4.74 Å². The van der Waals surface area contributed by atoms with Gasteiger partial charge in [0.25, 0.3) is 5.91 Å². The van der Waals surface area contributed by atoms with E-state index in [9.17, 15) is 4.79 Å². The predicted octanol–water partition coefficient (Wildman–Crippen LogP) is 0.156. The van der Waals surface area contributed by atoms with Crippen LogP contribution in [0.1, 0.15) is 16.9 Å². The van der Waals surface area contributed by atoms with Gasteiger partial charge in [0, 0.05) is 20.6 Å². The molecule has 6 nitrogen and oxygen atoms in total. The quantitative estimate of drug-likeness (QED) is 0.746. The van der Waals surface area contributed by atoms with E-state index in [1.165, 1.54) is 0 Å². The van der Waals surface area contributed by atoms with Crippen molar-refractivity contribution in [3.05, 3.63) is 17.8 Å². The SMILES string of the molecule is CN(C)c1ccc(C(=O)N2C[C@H]3C[C@H]2CO3)nn1. The largest absolute Gasteiger partial charge is 0.374 e. The number of hydrogen-bond acceptors (Lipinski definition) is 5. The third-order valence-electron chi connectivity index (χ3n) is 3.49. The first-order valence-electron chi connectivity index (χ1n) is 6.09. The van der Waals surface area contributed by atoms with E-state index in [1.807, 2.05) is 30.0 Å². The van der Waals surface area contributed by atoms with Gasteiger partial charge in [-0.15, -0.1) is 10.2 Å². The van der Waals surface area contributed by atoms with Crippen LogP contribution in [0.2, 0.25) is 0 Å². The standard InChI is InChI=1S/C12H16N4O2/c1-15(2)11-4-3-10(13-14-11)12(17)16-6-9-5-8(16)7-18-9/h3-4,8-9H,5-7H2,1-2H3/t8-,9+/m0/s1. The van der Waals surface area contributed by atoms with E-state index < -0.39 is 0 Å². The Kier molecular flexibility index (Phi) is 2.66. The molecule has 0 aromatic carbocycles. The molecule has 96 valence electrons. The lowest BCUT2D eigenvalue weighted by Gasteiger charge is -2.26. The molecule has 2 bridgehead atoms. The van der Waals surface area contributed by atoms with E-state index in [2.05, 4.69) is 10.2 Å². The third kappa shape index (κ3) is 1.82. The minimum Gasteiger partial charge on any atom is -0.374 e. The first kappa shape index (κ1) is 11.4. The van der Waals surface area contributed by atoms with Crippen molar-refractivity contribution < 1.29 is 9.53 Å². The number of carbonyl (C=O) groups is 1. The number of hydrogen-bond donors (Lipinski definition) is 0. The number of carbonyl (C=O) groups excluding carboxylic acids is 1. The van der Waals surface area contributed by atoms with Gasteiger partial charge in [0.15, 0.2) is 11.5 Å². The van der Waals surface area contributed by atoms with Crippen molar-refractivity contribution >= 4 is 11.7 Å². The van der Waals surface area contributed by atoms with Gasteiger partial charge in [-0.05, 0) is 18.6 Å². The average molecular weight is 248 g/mol. The highest BCUT2D eigenvalue weighted by molar-refractivity contribution is 5.92. The third-order valence-corrected chi connectivity index (χ3v) is 3.49. The lowest BCUT2D eigenvalue weighted by atomic mass is 10.2. The zero-order valence-corrected chi connectivity index (χ0v) is 10.5. The summed E-state index contributed by atoms with van der Waals surface area (Å²) in [5, 5.41) is 8.03. The van der Waals surface area contributed by atoms with Gasteiger partial charge in [0.1, 0.15) is 0 Å². The Bertz CT molecular complexity index is 460. The van der Waals surface area contributed by atoms with Crippen molar-refractivity contribution in [2.24, 2.45) is 0 Å². The molecule has 1 aromatic heterocycles. The van der Waals surface area contributed by atoms with Gasteiger partial charge in [0.2, 0.25) is 0 Å². The molecule has 1 aromatic rings. The summed E-state index contributed by atoms with van der Waals surface area (Å²) in [5.74, 6) is 0.710. The Morgan fingerprint density at radius 2 is 2.28 bits per heavy atom. The molecule has 2 aliphatic rings. The molecule has 2 aliphatic heterocycles. The van der Waals surface area contributed by atoms with Gasteiger partial charge in [-0.25, -0.2) is 0 Å². The second-order valence-corrected chi connectivity index (χ2v) is 4.97. The fourth-order valence-electron chi connectivity index (χ4n) is 2.47. The van der Waals surface area contributed by atoms with Crippen LogP contribution >= 0.6 is 0 Å². The molecule has 18 heavy (non-hydrogen) atoms. The van der Waals surface area contributed by atoms with Crippen LogP contribution in [0.15, 0.2) is 12.1 Å². The number of morpholine rings is 1. The van der Waals surface area contributed by atoms with Crippen LogP contribution in [-0.2, 0) is 4.74 Å². The Hall–Kier alpha value is -1.69. The Morgan fingerprint density at radius 1 is 1.44 bits per heavy atom. The monoisotopic (exact) mass is 248 g/mol. The van der Waals surface area contributed by atoms with E-state index in [0.29, 0.717) is 18.8 Å². The number of rotatable bonds is 2. The lowest BCUT2D eigenvalue weighted by Crippen LogP contribution is -2.41. The van der Waals surface area contributed by atoms with Gasteiger partial charge < -0.3 is 14.5 Å². The highest BCUT2D eigenvalue weighted by Crippen LogP contribution is 2.28. The molecule has 0 radical (unpaired) electrons. The smallest absolute Gasteiger partial charge is 0.274 e. The Morgan fingerprint density at radius 3 is 2.78 bits per heavy atom. The zero-order chi connectivity index (χ0) is 12.7. The second-order valence-electron chi connectivity index (χ2n) is 4.97. The maximum Gasteiger partial charge on any atom is 0.274 e. The lowest BCUT2D eigenvalue weighted by molar-refractivity contribution is 0.0255. The molecule has 0 aliphatic carbocycles. The van der Waals surface area contributed by atoms with Gasteiger partial charge in [0.05, 0.1) is 18.8 Å². The molecule has 0 saturated carbocycles. The van der Waals surface area contributed by atoms with Crippen molar-refractivity contribution in [3.63, 3.8) is 0 Å². The number of amides is 1. The first-order valence-corrected chi connectivity index (χ1v) is 6.09. The summed E-state index contributed by atoms with van der Waals surface area (Å²) in [6.45, 7) is 1.33. The van der Waals surface area contributed by atoms with Crippen molar-refractivity contribution in [3.8, 4) is 0 Å². The molecular weight excluding hydrogens is 232 g/mol. The number of nitrogens with zero attached hydrogens (tertiary/aromatic N) is 4. The number of anilines is 1. The summed E-state index contributed by atoms with van der Waals surface area (Å²) in [5.41, 5.74) is 0.410. The summed E-state index contributed by atoms with van der Waals surface area (Å²) >= 11 is 0. The van der Waals surface area contributed by atoms with Crippen molar-refractivity contribution in [2.45, 2.75) is 18.6 Å². The molecule has 2 fully saturated rings. The minimum absolute atomic E-state index is 0.0383. The van der Waals surface area contributed by atoms with Crippen LogP contribution in [0.5, 0.6) is 0 Å². The van der Waals surface area contributed by atoms with Crippen molar-refractivity contribution in [1.82, 2.24) is 15.1 Å². The summed E-state index contributed by atoms with van der Waals surface area (Å²) in [6.07, 6.45) is 1.17. The normalized spacial score (nSPS) is 25.6. The molecule has 0 spiro atoms. The summed E-state index contributed by atoms with van der Waals surface area (Å²) in [7, 11) is 3.78. The number of aromatic nitrogens is 2. The topological polar surface area (TPSA) is 58.6 Å². The van der Waals surface area contributed by atoms with E-state index in [0.717, 1.165) is 12.2 Å². The zero-order valence-electron chi connectivity index (χ0n) is 10.5. The highest BCUT2D eigenvalue weighted by Gasteiger charge is 2.42. The van der Waals surface area contributed by atoms with Crippen molar-refractivity contribution in [2.75, 3.05) is 32.1 Å². The molecule has 3 heterocycles. The van der Waals surface area contributed by atoms with Crippen LogP contribution in [0, 0.1) is 0 Å². The molecule has 1 amide bonds. The maximum absolute atomic E-state index is 12.3. The number of likely N-dealkylation sites (tertiary alicyclic amines) is 1. The summed E-state index contributed by atoms with van der Waals surface area (Å²) in [6, 6.07) is 3.76. The maximum atomic E-state index is 12.3. The Labute approximate surface area is 106 Å². The van der Waals surface area contributed by atoms with Crippen LogP contribution in [-0.4, -0.2) is 60.4 Å². The van der Waals surface area contributed by atoms with E-state index in [1.54, 1.807) is 6.07 Å². The fourth-order valence-corrected chi connectivity index (χ4v) is 2.47. The van der Waals surface area contributed by atoms with Gasteiger partial charge in [-0.1, -0.05) is 0 Å². The van der Waals surface area contributed by atoms with Crippen LogP contribution in [0.4, 0.5) is 5.82 Å². The van der Waals surface area contributed by atoms with E-state index >= 15 is 0 Å². The average Bonchev–Trinajstić information content (AvgIpc) is 3.00. The number of fused-ring (bicyclic) bond motifs is 2. The Balaban J connectivity index is 1.76. The minimum atomic E-state index is -0.0383. The molecule has 2 saturated heterocycles. The van der Waals surface area contributed by atoms with Crippen LogP contribution < -0.4 is 4.90 Å². The first-order chi connectivity index (χ1) is 8.65. The van der Waals surface area contributed by atoms with Crippen LogP contribution in [0.25, 0.3) is 0 Å². The molecule has 0 N–H and O–H groups in total. The van der Waals surface area contributed by atoms with Gasteiger partial charge in [-0.3, -0.25) is 4.79 Å². The van der Waals surface area contributed by atoms with Crippen LogP contribution in [0.3, 0.4) is 0 Å². The van der Waals surface area contributed by atoms with E-state index in [-0.39, 0.29) is 18.1 Å². The number of ether oxygens (including phenoxy) is 1. The predicted molar refractivity (Wildman–Crippen MR) is 65.5 cm³/mol. The molecule has 0 unspecified atom stereocenters. The fraction of sp³-hybridized carbons (Fsp3) is 0.583.